The van der Waals surface area contributed by atoms with Crippen molar-refractivity contribution in [3.8, 4) is 0 Å². The van der Waals surface area contributed by atoms with Crippen LogP contribution < -0.4 is 0 Å². The van der Waals surface area contributed by atoms with Crippen LogP contribution in [-0.2, 0) is 9.53 Å². The summed E-state index contributed by atoms with van der Waals surface area (Å²) in [6.07, 6.45) is 2.19. The first-order valence-electron chi connectivity index (χ1n) is 5.50. The molecule has 15 heavy (non-hydrogen) atoms. The van der Waals surface area contributed by atoms with Gasteiger partial charge in [-0.15, -0.1) is 0 Å². The van der Waals surface area contributed by atoms with Crippen molar-refractivity contribution < 1.29 is 9.53 Å². The van der Waals surface area contributed by atoms with Crippen LogP contribution in [0.1, 0.15) is 20.3 Å². The van der Waals surface area contributed by atoms with Crippen molar-refractivity contribution in [2.45, 2.75) is 26.3 Å². The van der Waals surface area contributed by atoms with Crippen LogP contribution in [0, 0.1) is 0 Å². The molecule has 0 saturated carbocycles. The van der Waals surface area contributed by atoms with E-state index in [0.29, 0.717) is 13.2 Å². The van der Waals surface area contributed by atoms with Crippen LogP contribution in [-0.4, -0.2) is 62.7 Å². The van der Waals surface area contributed by atoms with Gasteiger partial charge >= 0.3 is 0 Å². The van der Waals surface area contributed by atoms with E-state index in [1.165, 1.54) is 24.4 Å². The van der Waals surface area contributed by atoms with Crippen molar-refractivity contribution in [2.24, 2.45) is 0 Å². The molecular weight excluding hydrogens is 192 g/mol. The third-order valence-electron chi connectivity index (χ3n) is 2.45. The molecule has 1 aliphatic heterocycles. The van der Waals surface area contributed by atoms with Gasteiger partial charge in [0.1, 0.15) is 0 Å². The highest BCUT2D eigenvalue weighted by Gasteiger charge is 2.15. The summed E-state index contributed by atoms with van der Waals surface area (Å²) in [6.45, 7) is 8.43. The van der Waals surface area contributed by atoms with Crippen molar-refractivity contribution in [3.05, 3.63) is 0 Å². The van der Waals surface area contributed by atoms with Crippen molar-refractivity contribution in [1.29, 1.82) is 0 Å². The Bertz CT molecular complexity index is 159. The van der Waals surface area contributed by atoms with E-state index in [0.717, 1.165) is 12.5 Å². The van der Waals surface area contributed by atoms with Crippen molar-refractivity contribution >= 4 is 6.41 Å². The maximum atomic E-state index is 9.88. The van der Waals surface area contributed by atoms with Gasteiger partial charge in [-0.2, -0.15) is 0 Å². The summed E-state index contributed by atoms with van der Waals surface area (Å²) < 4.78 is 4.71. The van der Waals surface area contributed by atoms with Crippen molar-refractivity contribution in [2.75, 3.05) is 40.4 Å². The highest BCUT2D eigenvalue weighted by molar-refractivity contribution is 5.46. The number of amides is 1. The summed E-state index contributed by atoms with van der Waals surface area (Å²) in [5, 5.41) is 0. The lowest BCUT2D eigenvalue weighted by Gasteiger charge is -2.34. The third kappa shape index (κ3) is 7.33. The van der Waals surface area contributed by atoms with Crippen LogP contribution in [0.4, 0.5) is 0 Å². The fraction of sp³-hybridized carbons (Fsp3) is 0.909. The van der Waals surface area contributed by atoms with Gasteiger partial charge in [-0.25, -0.2) is 0 Å². The standard InChI is InChI=1S/C6H13N.C5H11NO2/c1-6(2)7-4-3-5-7;1-6(5-7)3-4-8-2/h6H,3-5H2,1-2H3;5H,3-4H2,1-2H3. The fourth-order valence-corrected chi connectivity index (χ4v) is 1.15. The van der Waals surface area contributed by atoms with Crippen LogP contribution in [0.25, 0.3) is 0 Å². The molecule has 1 fully saturated rings. The first kappa shape index (κ1) is 14.4. The number of likely N-dealkylation sites (N-methyl/N-ethyl adjacent to an activating group) is 1. The largest absolute Gasteiger partial charge is 0.383 e. The maximum Gasteiger partial charge on any atom is 0.209 e. The molecule has 0 aromatic heterocycles. The highest BCUT2D eigenvalue weighted by Crippen LogP contribution is 2.08. The summed E-state index contributed by atoms with van der Waals surface area (Å²) in [5.41, 5.74) is 0. The van der Waals surface area contributed by atoms with Crippen LogP contribution in [0.3, 0.4) is 0 Å². The van der Waals surface area contributed by atoms with E-state index in [2.05, 4.69) is 18.7 Å². The van der Waals surface area contributed by atoms with E-state index < -0.39 is 0 Å². The number of likely N-dealkylation sites (tertiary alicyclic amines) is 1. The SMILES string of the molecule is CC(C)N1CCC1.COCCN(C)C=O. The molecule has 0 bridgehead atoms. The van der Waals surface area contributed by atoms with Gasteiger partial charge in [-0.1, -0.05) is 0 Å². The molecule has 1 amide bonds. The van der Waals surface area contributed by atoms with Gasteiger partial charge in [-0.05, 0) is 33.4 Å². The molecule has 0 aromatic rings. The van der Waals surface area contributed by atoms with Gasteiger partial charge in [0, 0.05) is 26.7 Å². The van der Waals surface area contributed by atoms with Crippen LogP contribution >= 0.6 is 0 Å². The van der Waals surface area contributed by atoms with E-state index in [4.69, 9.17) is 4.74 Å². The van der Waals surface area contributed by atoms with Crippen LogP contribution in [0.5, 0.6) is 0 Å². The van der Waals surface area contributed by atoms with Gasteiger partial charge in [0.05, 0.1) is 6.61 Å². The number of methoxy groups -OCH3 is 1. The minimum absolute atomic E-state index is 0.606. The Kier molecular flexibility index (Phi) is 8.33. The van der Waals surface area contributed by atoms with Gasteiger partial charge in [0.2, 0.25) is 6.41 Å². The number of hydrogen-bond donors (Lipinski definition) is 0. The summed E-state index contributed by atoms with van der Waals surface area (Å²) in [7, 11) is 3.32. The quantitative estimate of drug-likeness (QED) is 0.638. The molecule has 0 N–H and O–H groups in total. The molecule has 1 heterocycles. The van der Waals surface area contributed by atoms with E-state index in [1.54, 1.807) is 14.2 Å². The normalized spacial score (nSPS) is 15.3. The molecule has 0 atom stereocenters. The number of rotatable bonds is 5. The summed E-state index contributed by atoms with van der Waals surface area (Å²) >= 11 is 0. The molecule has 0 spiro atoms. The minimum atomic E-state index is 0.606. The molecular formula is C11H24N2O2. The first-order chi connectivity index (χ1) is 7.11. The Morgan fingerprint density at radius 1 is 1.47 bits per heavy atom. The third-order valence-corrected chi connectivity index (χ3v) is 2.45. The topological polar surface area (TPSA) is 32.8 Å². The monoisotopic (exact) mass is 216 g/mol. The number of hydrogen-bond acceptors (Lipinski definition) is 3. The molecule has 90 valence electrons. The van der Waals surface area contributed by atoms with Gasteiger partial charge in [-0.3, -0.25) is 4.79 Å². The Morgan fingerprint density at radius 3 is 2.27 bits per heavy atom. The number of ether oxygens (including phenoxy) is 1. The molecule has 0 aromatic carbocycles. The smallest absolute Gasteiger partial charge is 0.209 e. The average Bonchev–Trinajstić information content (AvgIpc) is 2.11. The maximum absolute atomic E-state index is 9.88. The predicted octanol–water partition coefficient (Wildman–Crippen LogP) is 0.821. The van der Waals surface area contributed by atoms with Gasteiger partial charge < -0.3 is 14.5 Å². The molecule has 1 aliphatic rings. The van der Waals surface area contributed by atoms with Crippen molar-refractivity contribution in [1.82, 2.24) is 9.80 Å². The van der Waals surface area contributed by atoms with Gasteiger partial charge in [0.25, 0.3) is 0 Å². The molecule has 1 saturated heterocycles. The van der Waals surface area contributed by atoms with E-state index >= 15 is 0 Å². The highest BCUT2D eigenvalue weighted by atomic mass is 16.5. The zero-order valence-electron chi connectivity index (χ0n) is 10.4. The molecule has 4 heteroatoms. The van der Waals surface area contributed by atoms with E-state index in [1.807, 2.05) is 0 Å². The number of nitrogens with zero attached hydrogens (tertiary/aromatic N) is 2. The van der Waals surface area contributed by atoms with Crippen LogP contribution in [0.2, 0.25) is 0 Å². The predicted molar refractivity (Wildman–Crippen MR) is 61.9 cm³/mol. The Labute approximate surface area is 93.2 Å². The zero-order chi connectivity index (χ0) is 11.7. The average molecular weight is 216 g/mol. The second-order valence-corrected chi connectivity index (χ2v) is 4.06. The van der Waals surface area contributed by atoms with E-state index in [-0.39, 0.29) is 0 Å². The summed E-state index contributed by atoms with van der Waals surface area (Å²) in [6, 6.07) is 0.786. The fourth-order valence-electron chi connectivity index (χ4n) is 1.15. The minimum Gasteiger partial charge on any atom is -0.383 e. The summed E-state index contributed by atoms with van der Waals surface area (Å²) in [4.78, 5) is 13.9. The van der Waals surface area contributed by atoms with Gasteiger partial charge in [0.15, 0.2) is 0 Å². The first-order valence-corrected chi connectivity index (χ1v) is 5.50. The Balaban J connectivity index is 0.000000262. The zero-order valence-corrected chi connectivity index (χ0v) is 10.4. The molecule has 1 rings (SSSR count). The Hall–Kier alpha value is -0.610. The molecule has 0 radical (unpaired) electrons. The number of carbonyl (C=O) groups is 1. The lowest BCUT2D eigenvalue weighted by atomic mass is 10.2. The molecule has 0 unspecified atom stereocenters. The second-order valence-electron chi connectivity index (χ2n) is 4.06. The number of carbonyl (C=O) groups excluding carboxylic acids is 1. The second kappa shape index (κ2) is 8.68. The van der Waals surface area contributed by atoms with Crippen LogP contribution in [0.15, 0.2) is 0 Å². The molecule has 4 nitrogen and oxygen atoms in total. The molecule has 0 aliphatic carbocycles. The van der Waals surface area contributed by atoms with Crippen molar-refractivity contribution in [3.63, 3.8) is 0 Å². The summed E-state index contributed by atoms with van der Waals surface area (Å²) in [5.74, 6) is 0. The Morgan fingerprint density at radius 2 is 2.07 bits per heavy atom. The lowest BCUT2D eigenvalue weighted by Crippen LogP contribution is -2.41. The van der Waals surface area contributed by atoms with E-state index in [9.17, 15) is 4.79 Å². The lowest BCUT2D eigenvalue weighted by molar-refractivity contribution is -0.117.